The van der Waals surface area contributed by atoms with Gasteiger partial charge in [0.15, 0.2) is 11.5 Å². The number of likely N-dealkylation sites (N-methyl/N-ethyl adjacent to an activating group) is 2. The van der Waals surface area contributed by atoms with Crippen molar-refractivity contribution in [3.8, 4) is 17.2 Å². The predicted octanol–water partition coefficient (Wildman–Crippen LogP) is 2.49. The van der Waals surface area contributed by atoms with Crippen molar-refractivity contribution < 1.29 is 14.2 Å². The van der Waals surface area contributed by atoms with E-state index in [2.05, 4.69) is 30.7 Å². The molecule has 0 heterocycles. The predicted molar refractivity (Wildman–Crippen MR) is 90.2 cm³/mol. The zero-order chi connectivity index (χ0) is 16.5. The lowest BCUT2D eigenvalue weighted by Gasteiger charge is -2.23. The van der Waals surface area contributed by atoms with E-state index in [-0.39, 0.29) is 0 Å². The first-order valence-electron chi connectivity index (χ1n) is 7.79. The highest BCUT2D eigenvalue weighted by atomic mass is 16.5. The van der Waals surface area contributed by atoms with E-state index >= 15 is 0 Å². The fourth-order valence-corrected chi connectivity index (χ4v) is 2.47. The molecule has 22 heavy (non-hydrogen) atoms. The second-order valence-corrected chi connectivity index (χ2v) is 5.30. The quantitative estimate of drug-likeness (QED) is 0.663. The summed E-state index contributed by atoms with van der Waals surface area (Å²) >= 11 is 0. The Morgan fingerprint density at radius 2 is 1.41 bits per heavy atom. The zero-order valence-corrected chi connectivity index (χ0v) is 14.8. The van der Waals surface area contributed by atoms with Crippen LogP contribution in [0.4, 0.5) is 0 Å². The van der Waals surface area contributed by atoms with Crippen LogP contribution in [0.5, 0.6) is 17.2 Å². The Kier molecular flexibility index (Phi) is 8.06. The molecular weight excluding hydrogens is 280 g/mol. The van der Waals surface area contributed by atoms with Gasteiger partial charge in [0, 0.05) is 19.6 Å². The summed E-state index contributed by atoms with van der Waals surface area (Å²) in [7, 11) is 7.04. The molecule has 5 nitrogen and oxygen atoms in total. The SMILES string of the molecule is CCN(CC)CCN(C)Cc1cc(OC)c(OC)c(OC)c1. The molecule has 0 aliphatic heterocycles. The summed E-state index contributed by atoms with van der Waals surface area (Å²) in [5.41, 5.74) is 1.15. The Hall–Kier alpha value is -1.46. The molecule has 5 heteroatoms. The van der Waals surface area contributed by atoms with E-state index in [9.17, 15) is 0 Å². The van der Waals surface area contributed by atoms with Gasteiger partial charge >= 0.3 is 0 Å². The van der Waals surface area contributed by atoms with Crippen molar-refractivity contribution in [1.29, 1.82) is 0 Å². The summed E-state index contributed by atoms with van der Waals surface area (Å²) < 4.78 is 16.2. The summed E-state index contributed by atoms with van der Waals surface area (Å²) in [5.74, 6) is 2.04. The molecule has 126 valence electrons. The minimum atomic E-state index is 0.638. The first kappa shape index (κ1) is 18.6. The number of hydrogen-bond donors (Lipinski definition) is 0. The molecule has 0 spiro atoms. The topological polar surface area (TPSA) is 34.2 Å². The molecule has 0 aromatic heterocycles. The monoisotopic (exact) mass is 310 g/mol. The molecule has 0 aliphatic rings. The van der Waals surface area contributed by atoms with Gasteiger partial charge in [-0.05, 0) is 37.8 Å². The van der Waals surface area contributed by atoms with Crippen molar-refractivity contribution >= 4 is 0 Å². The molecule has 0 aliphatic carbocycles. The number of hydrogen-bond acceptors (Lipinski definition) is 5. The van der Waals surface area contributed by atoms with Crippen LogP contribution in [0.3, 0.4) is 0 Å². The maximum absolute atomic E-state index is 5.40. The van der Waals surface area contributed by atoms with E-state index < -0.39 is 0 Å². The summed E-state index contributed by atoms with van der Waals surface area (Å²) in [6.45, 7) is 9.53. The number of methoxy groups -OCH3 is 3. The van der Waals surface area contributed by atoms with E-state index in [0.717, 1.165) is 38.3 Å². The molecule has 1 rings (SSSR count). The van der Waals surface area contributed by atoms with Gasteiger partial charge in [-0.2, -0.15) is 0 Å². The zero-order valence-electron chi connectivity index (χ0n) is 14.8. The highest BCUT2D eigenvalue weighted by Crippen LogP contribution is 2.38. The van der Waals surface area contributed by atoms with E-state index in [1.807, 2.05) is 12.1 Å². The third-order valence-corrected chi connectivity index (χ3v) is 3.87. The van der Waals surface area contributed by atoms with Crippen LogP contribution in [0, 0.1) is 0 Å². The van der Waals surface area contributed by atoms with Crippen molar-refractivity contribution in [3.05, 3.63) is 17.7 Å². The molecule has 0 atom stereocenters. The van der Waals surface area contributed by atoms with Crippen LogP contribution in [-0.4, -0.2) is 64.4 Å². The molecule has 0 radical (unpaired) electrons. The highest BCUT2D eigenvalue weighted by Gasteiger charge is 2.14. The van der Waals surface area contributed by atoms with Crippen LogP contribution >= 0.6 is 0 Å². The number of ether oxygens (including phenoxy) is 3. The molecule has 0 unspecified atom stereocenters. The molecule has 0 amide bonds. The maximum Gasteiger partial charge on any atom is 0.203 e. The normalized spacial score (nSPS) is 11.1. The van der Waals surface area contributed by atoms with Gasteiger partial charge < -0.3 is 24.0 Å². The smallest absolute Gasteiger partial charge is 0.203 e. The Labute approximate surface area is 134 Å². The summed E-state index contributed by atoms with van der Waals surface area (Å²) in [6.07, 6.45) is 0. The van der Waals surface area contributed by atoms with E-state index in [1.54, 1.807) is 21.3 Å². The minimum absolute atomic E-state index is 0.638. The lowest BCUT2D eigenvalue weighted by molar-refractivity contribution is 0.236. The maximum atomic E-state index is 5.40. The molecular formula is C17H30N2O3. The van der Waals surface area contributed by atoms with Crippen LogP contribution in [0.2, 0.25) is 0 Å². The van der Waals surface area contributed by atoms with Crippen LogP contribution in [0.1, 0.15) is 19.4 Å². The van der Waals surface area contributed by atoms with Gasteiger partial charge in [0.1, 0.15) is 0 Å². The van der Waals surface area contributed by atoms with Gasteiger partial charge in [0.25, 0.3) is 0 Å². The molecule has 0 N–H and O–H groups in total. The van der Waals surface area contributed by atoms with Gasteiger partial charge in [-0.1, -0.05) is 13.8 Å². The van der Waals surface area contributed by atoms with Crippen molar-refractivity contribution in [1.82, 2.24) is 9.80 Å². The third kappa shape index (κ3) is 5.07. The van der Waals surface area contributed by atoms with E-state index in [1.165, 1.54) is 0 Å². The molecule has 1 aromatic rings. The standard InChI is InChI=1S/C17H30N2O3/c1-7-19(8-2)10-9-18(3)13-14-11-15(20-4)17(22-6)16(12-14)21-5/h11-12H,7-10,13H2,1-6H3. The first-order valence-corrected chi connectivity index (χ1v) is 7.79. The third-order valence-electron chi connectivity index (χ3n) is 3.87. The molecule has 1 aromatic carbocycles. The Morgan fingerprint density at radius 3 is 1.82 bits per heavy atom. The largest absolute Gasteiger partial charge is 0.493 e. The van der Waals surface area contributed by atoms with Gasteiger partial charge in [-0.15, -0.1) is 0 Å². The highest BCUT2D eigenvalue weighted by molar-refractivity contribution is 5.53. The first-order chi connectivity index (χ1) is 10.6. The van der Waals surface area contributed by atoms with Crippen LogP contribution in [0.15, 0.2) is 12.1 Å². The van der Waals surface area contributed by atoms with Crippen molar-refractivity contribution in [2.24, 2.45) is 0 Å². The fourth-order valence-electron chi connectivity index (χ4n) is 2.47. The molecule has 0 saturated heterocycles. The van der Waals surface area contributed by atoms with Crippen LogP contribution in [-0.2, 0) is 6.54 Å². The molecule has 0 bridgehead atoms. The van der Waals surface area contributed by atoms with E-state index in [4.69, 9.17) is 14.2 Å². The second kappa shape index (κ2) is 9.54. The van der Waals surface area contributed by atoms with Crippen molar-refractivity contribution in [2.45, 2.75) is 20.4 Å². The number of rotatable bonds is 10. The minimum Gasteiger partial charge on any atom is -0.493 e. The number of nitrogens with zero attached hydrogens (tertiary/aromatic N) is 2. The Bertz CT molecular complexity index is 423. The average Bonchev–Trinajstić information content (AvgIpc) is 2.54. The van der Waals surface area contributed by atoms with Gasteiger partial charge in [-0.25, -0.2) is 0 Å². The van der Waals surface area contributed by atoms with Gasteiger partial charge in [0.2, 0.25) is 5.75 Å². The van der Waals surface area contributed by atoms with Crippen LogP contribution < -0.4 is 14.2 Å². The van der Waals surface area contributed by atoms with Gasteiger partial charge in [-0.3, -0.25) is 0 Å². The average molecular weight is 310 g/mol. The summed E-state index contributed by atoms with van der Waals surface area (Å²) in [4.78, 5) is 4.73. The Balaban J connectivity index is 2.76. The summed E-state index contributed by atoms with van der Waals surface area (Å²) in [6, 6.07) is 4.02. The fraction of sp³-hybridized carbons (Fsp3) is 0.647. The summed E-state index contributed by atoms with van der Waals surface area (Å²) in [5, 5.41) is 0. The van der Waals surface area contributed by atoms with Gasteiger partial charge in [0.05, 0.1) is 21.3 Å². The van der Waals surface area contributed by atoms with Crippen molar-refractivity contribution in [2.75, 3.05) is 54.6 Å². The van der Waals surface area contributed by atoms with Crippen LogP contribution in [0.25, 0.3) is 0 Å². The van der Waals surface area contributed by atoms with Crippen molar-refractivity contribution in [3.63, 3.8) is 0 Å². The lowest BCUT2D eigenvalue weighted by Crippen LogP contribution is -2.32. The lowest BCUT2D eigenvalue weighted by atomic mass is 10.1. The molecule has 0 saturated carbocycles. The number of benzene rings is 1. The van der Waals surface area contributed by atoms with E-state index in [0.29, 0.717) is 17.2 Å². The molecule has 0 fully saturated rings. The Morgan fingerprint density at radius 1 is 0.864 bits per heavy atom. The second-order valence-electron chi connectivity index (χ2n) is 5.30.